The summed E-state index contributed by atoms with van der Waals surface area (Å²) in [5.74, 6) is -0.107. The number of amides is 1. The lowest BCUT2D eigenvalue weighted by Gasteiger charge is -2.36. The summed E-state index contributed by atoms with van der Waals surface area (Å²) in [6.07, 6.45) is -2.09. The van der Waals surface area contributed by atoms with Crippen LogP contribution in [0.4, 0.5) is 24.5 Å². The highest BCUT2D eigenvalue weighted by Gasteiger charge is 2.36. The van der Waals surface area contributed by atoms with Crippen LogP contribution in [0.3, 0.4) is 0 Å². The van der Waals surface area contributed by atoms with Gasteiger partial charge in [-0.25, -0.2) is 4.98 Å². The van der Waals surface area contributed by atoms with Gasteiger partial charge in [-0.05, 0) is 17.7 Å². The quantitative estimate of drug-likeness (QED) is 0.503. The molecule has 0 unspecified atom stereocenters. The highest BCUT2D eigenvalue weighted by Crippen LogP contribution is 2.35. The molecule has 1 aliphatic heterocycles. The van der Waals surface area contributed by atoms with E-state index in [0.29, 0.717) is 12.3 Å². The van der Waals surface area contributed by atoms with Gasteiger partial charge in [-0.2, -0.15) is 13.2 Å². The molecule has 3 aromatic rings. The number of H-pyrrole nitrogens is 1. The molecule has 4 rings (SSSR count). The zero-order valence-corrected chi connectivity index (χ0v) is 16.2. The Balaban J connectivity index is 1.47. The maximum Gasteiger partial charge on any atom is 0.433 e. The third-order valence-corrected chi connectivity index (χ3v) is 5.34. The van der Waals surface area contributed by atoms with Gasteiger partial charge < -0.3 is 14.8 Å². The average Bonchev–Trinajstić information content (AvgIpc) is 3.15. The summed E-state index contributed by atoms with van der Waals surface area (Å²) in [7, 11) is 0. The molecule has 1 aliphatic rings. The zero-order chi connectivity index (χ0) is 22.2. The molecule has 0 radical (unpaired) electrons. The van der Waals surface area contributed by atoms with E-state index in [2.05, 4.69) is 9.97 Å². The Hall–Kier alpha value is -3.63. The number of hydrogen-bond donors (Lipinski definition) is 1. The Morgan fingerprint density at radius 1 is 1.19 bits per heavy atom. The second-order valence-corrected chi connectivity index (χ2v) is 7.22. The molecule has 1 fully saturated rings. The van der Waals surface area contributed by atoms with Gasteiger partial charge in [0, 0.05) is 43.3 Å². The molecule has 11 heteroatoms. The minimum atomic E-state index is -4.71. The lowest BCUT2D eigenvalue weighted by atomic mass is 10.1. The molecule has 31 heavy (non-hydrogen) atoms. The number of nitrogens with zero attached hydrogens (tertiary/aromatic N) is 4. The summed E-state index contributed by atoms with van der Waals surface area (Å²) in [4.78, 5) is 32.7. The minimum absolute atomic E-state index is 0.107. The predicted octanol–water partition coefficient (Wildman–Crippen LogP) is 3.38. The maximum absolute atomic E-state index is 13.0. The van der Waals surface area contributed by atoms with E-state index in [-0.39, 0.29) is 44.2 Å². The Labute approximate surface area is 174 Å². The predicted molar refractivity (Wildman–Crippen MR) is 107 cm³/mol. The van der Waals surface area contributed by atoms with Crippen molar-refractivity contribution in [3.05, 3.63) is 64.1 Å². The number of aromatic nitrogens is 2. The van der Waals surface area contributed by atoms with Gasteiger partial charge >= 0.3 is 11.9 Å². The molecule has 1 saturated heterocycles. The van der Waals surface area contributed by atoms with E-state index in [0.717, 1.165) is 16.5 Å². The van der Waals surface area contributed by atoms with Crippen molar-refractivity contribution in [2.45, 2.75) is 12.6 Å². The van der Waals surface area contributed by atoms with Crippen molar-refractivity contribution in [3.8, 4) is 0 Å². The summed E-state index contributed by atoms with van der Waals surface area (Å²) in [6.45, 7) is 0.869. The lowest BCUT2D eigenvalue weighted by molar-refractivity contribution is -0.384. The van der Waals surface area contributed by atoms with E-state index in [1.807, 2.05) is 24.3 Å². The normalized spacial score (nSPS) is 14.8. The van der Waals surface area contributed by atoms with Gasteiger partial charge in [0.25, 0.3) is 0 Å². The number of rotatable bonds is 4. The van der Waals surface area contributed by atoms with Crippen LogP contribution < -0.4 is 4.90 Å². The molecule has 1 amide bonds. The highest BCUT2D eigenvalue weighted by atomic mass is 19.4. The third-order valence-electron chi connectivity index (χ3n) is 5.34. The molecule has 0 bridgehead atoms. The van der Waals surface area contributed by atoms with Gasteiger partial charge in [-0.3, -0.25) is 14.9 Å². The average molecular weight is 433 g/mol. The number of aromatic amines is 1. The molecule has 0 spiro atoms. The largest absolute Gasteiger partial charge is 0.433 e. The van der Waals surface area contributed by atoms with E-state index in [4.69, 9.17) is 0 Å². The fourth-order valence-corrected chi connectivity index (χ4v) is 3.74. The molecule has 3 heterocycles. The smallest absolute Gasteiger partial charge is 0.362 e. The van der Waals surface area contributed by atoms with E-state index in [1.54, 1.807) is 11.1 Å². The number of nitrogens with one attached hydrogen (secondary N) is 1. The summed E-state index contributed by atoms with van der Waals surface area (Å²) in [5, 5.41) is 12.2. The second-order valence-electron chi connectivity index (χ2n) is 7.22. The number of fused-ring (bicyclic) bond motifs is 1. The number of piperazine rings is 1. The van der Waals surface area contributed by atoms with Gasteiger partial charge in [0.05, 0.1) is 11.3 Å². The first kappa shape index (κ1) is 20.6. The minimum Gasteiger partial charge on any atom is -0.362 e. The fourth-order valence-electron chi connectivity index (χ4n) is 3.74. The Morgan fingerprint density at radius 2 is 1.90 bits per heavy atom. The van der Waals surface area contributed by atoms with Crippen LogP contribution in [-0.4, -0.2) is 51.9 Å². The number of benzene rings is 1. The van der Waals surface area contributed by atoms with Crippen LogP contribution in [0.1, 0.15) is 11.3 Å². The Morgan fingerprint density at radius 3 is 2.58 bits per heavy atom. The van der Waals surface area contributed by atoms with Crippen LogP contribution in [-0.2, 0) is 17.4 Å². The van der Waals surface area contributed by atoms with E-state index in [1.165, 1.54) is 4.90 Å². The molecule has 8 nitrogen and oxygen atoms in total. The fraction of sp³-hybridized carbons (Fsp3) is 0.300. The number of nitro groups is 1. The van der Waals surface area contributed by atoms with Crippen LogP contribution in [0, 0.1) is 10.1 Å². The summed E-state index contributed by atoms with van der Waals surface area (Å²) < 4.78 is 39.1. The van der Waals surface area contributed by atoms with Gasteiger partial charge in [-0.15, -0.1) is 0 Å². The Bertz CT molecular complexity index is 1140. The Kier molecular flexibility index (Phi) is 5.25. The third kappa shape index (κ3) is 4.16. The highest BCUT2D eigenvalue weighted by molar-refractivity contribution is 5.89. The monoisotopic (exact) mass is 433 g/mol. The van der Waals surface area contributed by atoms with E-state index in [9.17, 15) is 28.1 Å². The number of pyridine rings is 1. The number of para-hydroxylation sites is 1. The van der Waals surface area contributed by atoms with Crippen molar-refractivity contribution in [3.63, 3.8) is 0 Å². The number of carbonyl (C=O) groups is 1. The molecule has 1 N–H and O–H groups in total. The topological polar surface area (TPSA) is 95.4 Å². The molecule has 2 aromatic heterocycles. The van der Waals surface area contributed by atoms with Crippen LogP contribution in [0.15, 0.2) is 42.7 Å². The maximum atomic E-state index is 13.0. The number of halogens is 3. The van der Waals surface area contributed by atoms with Crippen LogP contribution in [0.25, 0.3) is 10.9 Å². The van der Waals surface area contributed by atoms with Crippen molar-refractivity contribution < 1.29 is 22.9 Å². The molecule has 0 atom stereocenters. The van der Waals surface area contributed by atoms with Crippen molar-refractivity contribution in [1.29, 1.82) is 0 Å². The van der Waals surface area contributed by atoms with Crippen LogP contribution >= 0.6 is 0 Å². The summed E-state index contributed by atoms with van der Waals surface area (Å²) in [6, 6.07) is 8.32. The van der Waals surface area contributed by atoms with Gasteiger partial charge in [0.2, 0.25) is 5.91 Å². The van der Waals surface area contributed by atoms with Crippen molar-refractivity contribution >= 4 is 28.2 Å². The zero-order valence-electron chi connectivity index (χ0n) is 16.2. The van der Waals surface area contributed by atoms with Crippen molar-refractivity contribution in [1.82, 2.24) is 14.9 Å². The van der Waals surface area contributed by atoms with Crippen LogP contribution in [0.2, 0.25) is 0 Å². The van der Waals surface area contributed by atoms with Gasteiger partial charge in [0.15, 0.2) is 0 Å². The number of alkyl halides is 3. The molecule has 162 valence electrons. The molecular weight excluding hydrogens is 415 g/mol. The first-order valence-corrected chi connectivity index (χ1v) is 9.53. The van der Waals surface area contributed by atoms with Crippen molar-refractivity contribution in [2.75, 3.05) is 31.1 Å². The molecule has 0 aliphatic carbocycles. The first-order valence-electron chi connectivity index (χ1n) is 9.53. The summed E-state index contributed by atoms with van der Waals surface area (Å²) >= 11 is 0. The van der Waals surface area contributed by atoms with Crippen LogP contribution in [0.5, 0.6) is 0 Å². The van der Waals surface area contributed by atoms with E-state index < -0.39 is 22.5 Å². The van der Waals surface area contributed by atoms with Crippen molar-refractivity contribution in [2.24, 2.45) is 0 Å². The second kappa shape index (κ2) is 7.89. The number of anilines is 1. The lowest BCUT2D eigenvalue weighted by Crippen LogP contribution is -2.49. The molecule has 1 aromatic carbocycles. The summed E-state index contributed by atoms with van der Waals surface area (Å²) in [5.41, 5.74) is -0.0308. The standard InChI is InChI=1S/C20H18F3N5O3/c21-20(22,23)18-10-16(17(12-25-18)28(30)31)26-5-7-27(8-6-26)19(29)9-13-11-24-15-4-2-1-3-14(13)15/h1-4,10-12,24H,5-9H2. The van der Waals surface area contributed by atoms with Gasteiger partial charge in [-0.1, -0.05) is 18.2 Å². The van der Waals surface area contributed by atoms with Gasteiger partial charge in [0.1, 0.15) is 17.6 Å². The SMILES string of the molecule is O=C(Cc1c[nH]c2ccccc12)N1CCN(c2cc(C(F)(F)F)ncc2[N+](=O)[O-])CC1. The molecular formula is C20H18F3N5O3. The molecule has 0 saturated carbocycles. The number of hydrogen-bond acceptors (Lipinski definition) is 5. The van der Waals surface area contributed by atoms with E-state index >= 15 is 0 Å². The first-order chi connectivity index (χ1) is 14.7. The number of carbonyl (C=O) groups excluding carboxylic acids is 1.